The van der Waals surface area contributed by atoms with Gasteiger partial charge in [0.1, 0.15) is 6.04 Å². The number of rotatable bonds is 4. The Kier molecular flexibility index (Phi) is 5.61. The molecule has 3 aromatic rings. The van der Waals surface area contributed by atoms with E-state index in [0.29, 0.717) is 5.52 Å². The SMILES string of the molecule is CCC(C(=O)O)n1/c(=N/C(=O)c2cccc(C(F)(F)F)c2)sc2c(C)cccc21. The molecule has 9 heteroatoms. The predicted octanol–water partition coefficient (Wildman–Crippen LogP) is 4.81. The summed E-state index contributed by atoms with van der Waals surface area (Å²) in [7, 11) is 0. The lowest BCUT2D eigenvalue weighted by atomic mass is 10.1. The second-order valence-electron chi connectivity index (χ2n) is 6.44. The molecule has 0 saturated carbocycles. The van der Waals surface area contributed by atoms with Gasteiger partial charge in [0.15, 0.2) is 4.80 Å². The fourth-order valence-corrected chi connectivity index (χ4v) is 4.16. The van der Waals surface area contributed by atoms with Gasteiger partial charge in [0.25, 0.3) is 5.91 Å². The van der Waals surface area contributed by atoms with Crippen LogP contribution in [0.5, 0.6) is 0 Å². The van der Waals surface area contributed by atoms with Crippen LogP contribution in [0.15, 0.2) is 47.5 Å². The Labute approximate surface area is 167 Å². The molecular weight excluding hydrogens is 405 g/mol. The Morgan fingerprint density at radius 1 is 1.21 bits per heavy atom. The third-order valence-corrected chi connectivity index (χ3v) is 5.67. The van der Waals surface area contributed by atoms with Gasteiger partial charge in [-0.3, -0.25) is 4.79 Å². The number of carboxylic acids is 1. The molecule has 1 atom stereocenters. The molecule has 0 radical (unpaired) electrons. The summed E-state index contributed by atoms with van der Waals surface area (Å²) >= 11 is 1.13. The van der Waals surface area contributed by atoms with Gasteiger partial charge in [-0.05, 0) is 43.2 Å². The van der Waals surface area contributed by atoms with Gasteiger partial charge < -0.3 is 9.67 Å². The van der Waals surface area contributed by atoms with E-state index in [-0.39, 0.29) is 16.8 Å². The first-order valence-electron chi connectivity index (χ1n) is 8.73. The molecular formula is C20H17F3N2O3S. The molecule has 152 valence electrons. The van der Waals surface area contributed by atoms with Crippen molar-refractivity contribution in [2.75, 3.05) is 0 Å². The van der Waals surface area contributed by atoms with Crippen molar-refractivity contribution in [1.82, 2.24) is 4.57 Å². The molecule has 0 saturated heterocycles. The maximum Gasteiger partial charge on any atom is 0.416 e. The van der Waals surface area contributed by atoms with E-state index < -0.39 is 29.7 Å². The Morgan fingerprint density at radius 3 is 2.52 bits per heavy atom. The van der Waals surface area contributed by atoms with Gasteiger partial charge in [-0.2, -0.15) is 18.2 Å². The van der Waals surface area contributed by atoms with Crippen molar-refractivity contribution in [2.24, 2.45) is 4.99 Å². The molecule has 0 aliphatic carbocycles. The highest BCUT2D eigenvalue weighted by molar-refractivity contribution is 7.16. The molecule has 5 nitrogen and oxygen atoms in total. The third kappa shape index (κ3) is 4.09. The summed E-state index contributed by atoms with van der Waals surface area (Å²) in [4.78, 5) is 28.5. The second kappa shape index (κ2) is 7.82. The number of aryl methyl sites for hydroxylation is 1. The summed E-state index contributed by atoms with van der Waals surface area (Å²) < 4.78 is 41.0. The Balaban J connectivity index is 2.21. The highest BCUT2D eigenvalue weighted by atomic mass is 32.1. The number of nitrogens with zero attached hydrogens (tertiary/aromatic N) is 2. The van der Waals surface area contributed by atoms with Gasteiger partial charge in [-0.1, -0.05) is 36.5 Å². The normalized spacial score (nSPS) is 13.6. The summed E-state index contributed by atoms with van der Waals surface area (Å²) in [6.07, 6.45) is -4.33. The standard InChI is InChI=1S/C20H17F3N2O3S/c1-3-14(18(27)28)25-15-9-4-6-11(2)16(15)29-19(25)24-17(26)12-7-5-8-13(10-12)20(21,22)23/h4-10,14H,3H2,1-2H3,(H,27,28)/b24-19-. The fraction of sp³-hybridized carbons (Fsp3) is 0.250. The van der Waals surface area contributed by atoms with Crippen LogP contribution in [0.1, 0.15) is 40.9 Å². The van der Waals surface area contributed by atoms with E-state index in [0.717, 1.165) is 39.8 Å². The molecule has 0 aliphatic heterocycles. The first-order chi connectivity index (χ1) is 13.6. The van der Waals surface area contributed by atoms with Gasteiger partial charge in [-0.15, -0.1) is 0 Å². The Bertz CT molecular complexity index is 1160. The van der Waals surface area contributed by atoms with Crippen LogP contribution < -0.4 is 4.80 Å². The summed E-state index contributed by atoms with van der Waals surface area (Å²) in [5.41, 5.74) is 0.328. The maximum atomic E-state index is 12.9. The predicted molar refractivity (Wildman–Crippen MR) is 103 cm³/mol. The molecule has 1 heterocycles. The smallest absolute Gasteiger partial charge is 0.416 e. The van der Waals surface area contributed by atoms with E-state index in [1.807, 2.05) is 13.0 Å². The summed E-state index contributed by atoms with van der Waals surface area (Å²) in [5.74, 6) is -1.95. The molecule has 3 rings (SSSR count). The average Bonchev–Trinajstić information content (AvgIpc) is 3.01. The monoisotopic (exact) mass is 422 g/mol. The van der Waals surface area contributed by atoms with Crippen molar-refractivity contribution in [3.8, 4) is 0 Å². The summed E-state index contributed by atoms with van der Waals surface area (Å²) in [6.45, 7) is 3.55. The topological polar surface area (TPSA) is 71.7 Å². The van der Waals surface area contributed by atoms with Crippen LogP contribution in [0.25, 0.3) is 10.2 Å². The number of halogens is 3. The molecule has 0 bridgehead atoms. The van der Waals surface area contributed by atoms with Crippen molar-refractivity contribution in [3.05, 3.63) is 64.0 Å². The van der Waals surface area contributed by atoms with E-state index in [1.54, 1.807) is 19.1 Å². The number of alkyl halides is 3. The average molecular weight is 422 g/mol. The van der Waals surface area contributed by atoms with Gasteiger partial charge in [0, 0.05) is 5.56 Å². The molecule has 0 fully saturated rings. The van der Waals surface area contributed by atoms with Crippen LogP contribution >= 0.6 is 11.3 Å². The van der Waals surface area contributed by atoms with Crippen LogP contribution in [0.3, 0.4) is 0 Å². The number of amides is 1. The summed E-state index contributed by atoms with van der Waals surface area (Å²) in [5, 5.41) is 9.61. The van der Waals surface area contributed by atoms with Crippen molar-refractivity contribution >= 4 is 33.4 Å². The minimum atomic E-state index is -4.58. The van der Waals surface area contributed by atoms with E-state index >= 15 is 0 Å². The molecule has 1 N–H and O–H groups in total. The molecule has 2 aromatic carbocycles. The lowest BCUT2D eigenvalue weighted by molar-refractivity contribution is -0.141. The minimum Gasteiger partial charge on any atom is -0.480 e. The van der Waals surface area contributed by atoms with Gasteiger partial charge in [0.05, 0.1) is 15.8 Å². The number of thiazole rings is 1. The first kappa shape index (κ1) is 20.8. The molecule has 29 heavy (non-hydrogen) atoms. The molecule has 0 aliphatic rings. The Morgan fingerprint density at radius 2 is 1.90 bits per heavy atom. The number of carbonyl (C=O) groups excluding carboxylic acids is 1. The second-order valence-corrected chi connectivity index (χ2v) is 7.41. The van der Waals surface area contributed by atoms with E-state index in [2.05, 4.69) is 4.99 Å². The molecule has 1 aromatic heterocycles. The van der Waals surface area contributed by atoms with E-state index in [9.17, 15) is 27.9 Å². The van der Waals surface area contributed by atoms with Crippen LogP contribution in [-0.2, 0) is 11.0 Å². The van der Waals surface area contributed by atoms with Gasteiger partial charge in [-0.25, -0.2) is 4.79 Å². The minimum absolute atomic E-state index is 0.131. The number of benzene rings is 2. The van der Waals surface area contributed by atoms with Crippen LogP contribution in [0, 0.1) is 6.92 Å². The van der Waals surface area contributed by atoms with Crippen LogP contribution in [-0.4, -0.2) is 21.6 Å². The number of fused-ring (bicyclic) bond motifs is 1. The van der Waals surface area contributed by atoms with E-state index in [1.165, 1.54) is 10.6 Å². The zero-order valence-corrected chi connectivity index (χ0v) is 16.3. The lowest BCUT2D eigenvalue weighted by Crippen LogP contribution is -2.27. The van der Waals surface area contributed by atoms with Gasteiger partial charge in [0.2, 0.25) is 0 Å². The quantitative estimate of drug-likeness (QED) is 0.656. The number of aliphatic carboxylic acids is 1. The van der Waals surface area contributed by atoms with Crippen molar-refractivity contribution in [2.45, 2.75) is 32.5 Å². The van der Waals surface area contributed by atoms with Gasteiger partial charge >= 0.3 is 12.1 Å². The number of carboxylic acid groups (broad SMARTS) is 1. The molecule has 1 amide bonds. The first-order valence-corrected chi connectivity index (χ1v) is 9.55. The Hall–Kier alpha value is -2.94. The zero-order chi connectivity index (χ0) is 21.3. The number of carbonyl (C=O) groups is 2. The molecule has 1 unspecified atom stereocenters. The van der Waals surface area contributed by atoms with E-state index in [4.69, 9.17) is 0 Å². The van der Waals surface area contributed by atoms with Crippen LogP contribution in [0.4, 0.5) is 13.2 Å². The maximum absolute atomic E-state index is 12.9. The highest BCUT2D eigenvalue weighted by Gasteiger charge is 2.31. The third-order valence-electron chi connectivity index (χ3n) is 4.47. The number of aromatic nitrogens is 1. The zero-order valence-electron chi connectivity index (χ0n) is 15.5. The van der Waals surface area contributed by atoms with Crippen LogP contribution in [0.2, 0.25) is 0 Å². The summed E-state index contributed by atoms with van der Waals surface area (Å²) in [6, 6.07) is 8.40. The van der Waals surface area contributed by atoms with Crippen molar-refractivity contribution < 1.29 is 27.9 Å². The van der Waals surface area contributed by atoms with Crippen molar-refractivity contribution in [1.29, 1.82) is 0 Å². The lowest BCUT2D eigenvalue weighted by Gasteiger charge is -2.13. The highest BCUT2D eigenvalue weighted by Crippen LogP contribution is 2.30. The van der Waals surface area contributed by atoms with Crippen molar-refractivity contribution in [3.63, 3.8) is 0 Å². The fourth-order valence-electron chi connectivity index (χ4n) is 3.03. The largest absolute Gasteiger partial charge is 0.480 e. The number of hydrogen-bond donors (Lipinski definition) is 1. The molecule has 0 spiro atoms. The number of hydrogen-bond acceptors (Lipinski definition) is 3.